The van der Waals surface area contributed by atoms with Gasteiger partial charge in [0.25, 0.3) is 0 Å². The molecule has 0 unspecified atom stereocenters. The van der Waals surface area contributed by atoms with E-state index in [1.165, 1.54) is 31.7 Å². The van der Waals surface area contributed by atoms with Crippen LogP contribution in [-0.4, -0.2) is 30.5 Å². The largest absolute Gasteiger partial charge is 0.493 e. The van der Waals surface area contributed by atoms with Crippen molar-refractivity contribution in [2.45, 2.75) is 44.9 Å². The second kappa shape index (κ2) is 9.34. The first-order chi connectivity index (χ1) is 16.4. The first kappa shape index (κ1) is 23.4. The van der Waals surface area contributed by atoms with Crippen molar-refractivity contribution in [3.8, 4) is 11.5 Å². The van der Waals surface area contributed by atoms with Gasteiger partial charge in [-0.2, -0.15) is 4.58 Å². The second-order valence-electron chi connectivity index (χ2n) is 9.73. The smallest absolute Gasteiger partial charge is 0.209 e. The first-order valence-electron chi connectivity index (χ1n) is 12.1. The van der Waals surface area contributed by atoms with Crippen LogP contribution in [0.2, 0.25) is 0 Å². The van der Waals surface area contributed by atoms with Crippen LogP contribution in [0.4, 0.5) is 5.69 Å². The van der Waals surface area contributed by atoms with E-state index in [0.29, 0.717) is 13.2 Å². The number of hydrogen-bond acceptors (Lipinski definition) is 3. The van der Waals surface area contributed by atoms with E-state index in [1.807, 2.05) is 12.1 Å². The summed E-state index contributed by atoms with van der Waals surface area (Å²) in [6.07, 6.45) is 10.9. The fourth-order valence-corrected chi connectivity index (χ4v) is 5.69. The van der Waals surface area contributed by atoms with Gasteiger partial charge in [-0.1, -0.05) is 0 Å². The van der Waals surface area contributed by atoms with Crippen LogP contribution < -0.4 is 15.2 Å². The summed E-state index contributed by atoms with van der Waals surface area (Å²) in [5.74, 6) is 2.71. The summed E-state index contributed by atoms with van der Waals surface area (Å²) >= 11 is 2.40. The lowest BCUT2D eigenvalue weighted by molar-refractivity contribution is -0.401. The minimum Gasteiger partial charge on any atom is -0.493 e. The molecule has 176 valence electrons. The standard InChI is InChI=1S/C29H32IN2O2/c1-29(2)24-17-22(30)10-12-25(24)32(3)27(29)13-9-19-6-4-7-21-16-20-8-11-23(33-15-5-14-31)18-26(20)34-28(19)21/h8-13,16-18H,4-7,14-15,31H2,1-3H3/q+1/b13-9+. The maximum atomic E-state index is 6.50. The molecule has 0 amide bonds. The maximum absolute atomic E-state index is 6.50. The van der Waals surface area contributed by atoms with Gasteiger partial charge in [-0.25, -0.2) is 0 Å². The Balaban J connectivity index is 1.46. The molecule has 0 radical (unpaired) electrons. The molecule has 34 heavy (non-hydrogen) atoms. The zero-order chi connectivity index (χ0) is 23.9. The van der Waals surface area contributed by atoms with Crippen molar-refractivity contribution in [3.63, 3.8) is 0 Å². The Labute approximate surface area is 216 Å². The van der Waals surface area contributed by atoms with Crippen LogP contribution in [-0.2, 0) is 5.41 Å². The Morgan fingerprint density at radius 1 is 1.15 bits per heavy atom. The molecular formula is C29H32IN2O2+. The Morgan fingerprint density at radius 3 is 2.82 bits per heavy atom. The van der Waals surface area contributed by atoms with Crippen molar-refractivity contribution in [1.82, 2.24) is 0 Å². The fraction of sp³-hybridized carbons (Fsp3) is 0.345. The quantitative estimate of drug-likeness (QED) is 0.247. The third-order valence-corrected chi connectivity index (χ3v) is 7.73. The van der Waals surface area contributed by atoms with Gasteiger partial charge in [0, 0.05) is 32.9 Å². The lowest BCUT2D eigenvalue weighted by Crippen LogP contribution is -2.26. The van der Waals surface area contributed by atoms with Gasteiger partial charge in [0.05, 0.1) is 12.0 Å². The van der Waals surface area contributed by atoms with Crippen LogP contribution in [0.1, 0.15) is 50.7 Å². The molecule has 2 heterocycles. The van der Waals surface area contributed by atoms with Crippen LogP contribution >= 0.6 is 22.6 Å². The Bertz CT molecular complexity index is 1270. The maximum Gasteiger partial charge on any atom is 0.209 e. The molecule has 4 nitrogen and oxygen atoms in total. The highest BCUT2D eigenvalue weighted by molar-refractivity contribution is 14.1. The van der Waals surface area contributed by atoms with Gasteiger partial charge >= 0.3 is 0 Å². The molecule has 2 aliphatic heterocycles. The Kier molecular flexibility index (Phi) is 6.42. The van der Waals surface area contributed by atoms with Crippen LogP contribution in [0, 0.1) is 3.57 Å². The number of nitrogens with zero attached hydrogens (tertiary/aromatic N) is 1. The number of benzene rings is 2. The predicted octanol–water partition coefficient (Wildman–Crippen LogP) is 6.50. The minimum absolute atomic E-state index is 0.0455. The Hall–Kier alpha value is -2.38. The summed E-state index contributed by atoms with van der Waals surface area (Å²) in [4.78, 5) is 0. The van der Waals surface area contributed by atoms with E-state index in [-0.39, 0.29) is 5.41 Å². The van der Waals surface area contributed by atoms with E-state index in [1.54, 1.807) is 0 Å². The molecule has 0 fully saturated rings. The SMILES string of the molecule is C[N+]1=C(/C=C/C2=C3Oc4cc(OCCCN)ccc4C=C3CCC2)C(C)(C)c2cc(I)ccc21. The summed E-state index contributed by atoms with van der Waals surface area (Å²) in [5, 5.41) is 0. The van der Waals surface area contributed by atoms with Crippen LogP contribution in [0.5, 0.6) is 11.5 Å². The topological polar surface area (TPSA) is 47.5 Å². The highest BCUT2D eigenvalue weighted by Crippen LogP contribution is 2.42. The van der Waals surface area contributed by atoms with Crippen LogP contribution in [0.3, 0.4) is 0 Å². The number of ether oxygens (including phenoxy) is 2. The Morgan fingerprint density at radius 2 is 2.00 bits per heavy atom. The molecule has 0 saturated carbocycles. The number of nitrogens with two attached hydrogens (primary N) is 1. The van der Waals surface area contributed by atoms with Crippen molar-refractivity contribution < 1.29 is 14.0 Å². The van der Waals surface area contributed by atoms with Crippen molar-refractivity contribution in [2.75, 3.05) is 20.2 Å². The molecule has 2 N–H and O–H groups in total. The normalized spacial score (nSPS) is 18.4. The molecule has 2 aromatic rings. The van der Waals surface area contributed by atoms with Gasteiger partial charge in [0.2, 0.25) is 5.69 Å². The number of allylic oxidation sites excluding steroid dienone is 4. The number of halogens is 1. The third kappa shape index (κ3) is 4.24. The molecule has 5 rings (SSSR count). The molecule has 3 aliphatic rings. The first-order valence-corrected chi connectivity index (χ1v) is 13.1. The van der Waals surface area contributed by atoms with Crippen LogP contribution in [0.25, 0.3) is 6.08 Å². The lowest BCUT2D eigenvalue weighted by atomic mass is 9.81. The van der Waals surface area contributed by atoms with Crippen molar-refractivity contribution in [1.29, 1.82) is 0 Å². The highest BCUT2D eigenvalue weighted by Gasteiger charge is 2.43. The van der Waals surface area contributed by atoms with Crippen molar-refractivity contribution >= 4 is 40.1 Å². The molecule has 0 atom stereocenters. The zero-order valence-corrected chi connectivity index (χ0v) is 22.3. The monoisotopic (exact) mass is 567 g/mol. The molecule has 0 aromatic heterocycles. The zero-order valence-electron chi connectivity index (χ0n) is 20.2. The van der Waals surface area contributed by atoms with Crippen LogP contribution in [0.15, 0.2) is 65.5 Å². The average molecular weight is 567 g/mol. The fourth-order valence-electron chi connectivity index (χ4n) is 5.20. The van der Waals surface area contributed by atoms with Gasteiger partial charge in [-0.3, -0.25) is 0 Å². The summed E-state index contributed by atoms with van der Waals surface area (Å²) in [7, 11) is 2.17. The van der Waals surface area contributed by atoms with E-state index in [9.17, 15) is 0 Å². The van der Waals surface area contributed by atoms with E-state index in [0.717, 1.165) is 48.5 Å². The minimum atomic E-state index is -0.0455. The predicted molar refractivity (Wildman–Crippen MR) is 147 cm³/mol. The lowest BCUT2D eigenvalue weighted by Gasteiger charge is -2.27. The number of fused-ring (bicyclic) bond motifs is 3. The van der Waals surface area contributed by atoms with Gasteiger partial charge in [-0.05, 0) is 116 Å². The van der Waals surface area contributed by atoms with Gasteiger partial charge in [-0.15, -0.1) is 0 Å². The summed E-state index contributed by atoms with van der Waals surface area (Å²) < 4.78 is 15.9. The van der Waals surface area contributed by atoms with E-state index >= 15 is 0 Å². The summed E-state index contributed by atoms with van der Waals surface area (Å²) in [6.45, 7) is 5.88. The summed E-state index contributed by atoms with van der Waals surface area (Å²) in [5.41, 5.74) is 13.2. The highest BCUT2D eigenvalue weighted by atomic mass is 127. The number of rotatable bonds is 6. The number of hydrogen-bond donors (Lipinski definition) is 1. The molecule has 0 saturated heterocycles. The molecule has 2 aromatic carbocycles. The van der Waals surface area contributed by atoms with Gasteiger partial charge in [0.1, 0.15) is 24.3 Å². The molecule has 5 heteroatoms. The van der Waals surface area contributed by atoms with Gasteiger partial charge < -0.3 is 15.2 Å². The van der Waals surface area contributed by atoms with Crippen molar-refractivity contribution in [3.05, 3.63) is 80.2 Å². The summed E-state index contributed by atoms with van der Waals surface area (Å²) in [6, 6.07) is 12.8. The van der Waals surface area contributed by atoms with E-state index in [2.05, 4.69) is 90.6 Å². The van der Waals surface area contributed by atoms with Crippen molar-refractivity contribution in [2.24, 2.45) is 5.73 Å². The van der Waals surface area contributed by atoms with Gasteiger partial charge in [0.15, 0.2) is 5.71 Å². The molecule has 1 aliphatic carbocycles. The molecule has 0 bridgehead atoms. The van der Waals surface area contributed by atoms with E-state index < -0.39 is 0 Å². The molecule has 0 spiro atoms. The molecular weight excluding hydrogens is 535 g/mol. The third-order valence-electron chi connectivity index (χ3n) is 7.06. The average Bonchev–Trinajstić information content (AvgIpc) is 3.01. The second-order valence-corrected chi connectivity index (χ2v) is 11.0. The van der Waals surface area contributed by atoms with E-state index in [4.69, 9.17) is 15.2 Å².